The molecule has 142 valence electrons. The molecule has 1 aromatic carbocycles. The predicted octanol–water partition coefficient (Wildman–Crippen LogP) is 4.38. The highest BCUT2D eigenvalue weighted by Crippen LogP contribution is 2.26. The molecule has 27 heavy (non-hydrogen) atoms. The second-order valence-corrected chi connectivity index (χ2v) is 7.85. The van der Waals surface area contributed by atoms with Crippen LogP contribution in [0.4, 0.5) is 0 Å². The lowest BCUT2D eigenvalue weighted by molar-refractivity contribution is 0.259. The molecule has 1 N–H and O–H groups in total. The minimum Gasteiger partial charge on any atom is -0.477 e. The van der Waals surface area contributed by atoms with Crippen LogP contribution >= 0.6 is 11.8 Å². The number of aryl methyl sites for hydroxylation is 1. The van der Waals surface area contributed by atoms with Crippen LogP contribution in [-0.2, 0) is 13.1 Å². The zero-order chi connectivity index (χ0) is 19.2. The fourth-order valence-corrected chi connectivity index (χ4v) is 3.07. The molecule has 3 aromatic rings. The van der Waals surface area contributed by atoms with E-state index in [1.165, 1.54) is 4.90 Å². The second kappa shape index (κ2) is 9.15. The summed E-state index contributed by atoms with van der Waals surface area (Å²) in [5.74, 6) is 1.15. The summed E-state index contributed by atoms with van der Waals surface area (Å²) in [5, 5.41) is 4.55. The topological polar surface area (TPSA) is 59.9 Å². The molecule has 0 unspecified atom stereocenters. The Labute approximate surface area is 165 Å². The van der Waals surface area contributed by atoms with Crippen molar-refractivity contribution in [3.63, 3.8) is 0 Å². The zero-order valence-corrected chi connectivity index (χ0v) is 17.1. The van der Waals surface area contributed by atoms with Gasteiger partial charge in [-0.2, -0.15) is 0 Å². The molecule has 3 rings (SSSR count). The van der Waals surface area contributed by atoms with Gasteiger partial charge in [-0.3, -0.25) is 9.97 Å². The first-order valence-electron chi connectivity index (χ1n) is 9.14. The van der Waals surface area contributed by atoms with Crippen molar-refractivity contribution in [1.82, 2.24) is 20.3 Å². The molecule has 0 fully saturated rings. The summed E-state index contributed by atoms with van der Waals surface area (Å²) in [6.07, 6.45) is 5.67. The van der Waals surface area contributed by atoms with Gasteiger partial charge in [0, 0.05) is 41.3 Å². The van der Waals surface area contributed by atoms with Gasteiger partial charge < -0.3 is 10.1 Å². The Morgan fingerprint density at radius 3 is 2.67 bits per heavy atom. The van der Waals surface area contributed by atoms with E-state index >= 15 is 0 Å². The standard InChI is InChI=1S/C21H26N4OS/c1-14(2)13-26-21-17(10-22-11-18-12-23-15(3)9-24-18)7-16-5-6-19(27-4)8-20(16)25-21/h5-9,12,14,22H,10-11,13H2,1-4H3. The number of benzene rings is 1. The fourth-order valence-electron chi connectivity index (χ4n) is 2.63. The average Bonchev–Trinajstić information content (AvgIpc) is 2.67. The largest absolute Gasteiger partial charge is 0.477 e. The van der Waals surface area contributed by atoms with Gasteiger partial charge in [-0.25, -0.2) is 4.98 Å². The van der Waals surface area contributed by atoms with E-state index in [0.717, 1.165) is 27.9 Å². The molecule has 0 saturated carbocycles. The molecule has 6 heteroatoms. The van der Waals surface area contributed by atoms with Crippen LogP contribution in [0.2, 0.25) is 0 Å². The molecule has 0 aliphatic heterocycles. The van der Waals surface area contributed by atoms with Crippen molar-refractivity contribution < 1.29 is 4.74 Å². The van der Waals surface area contributed by atoms with E-state index in [1.807, 2.05) is 6.92 Å². The molecule has 0 aliphatic rings. The Balaban J connectivity index is 1.79. The number of ether oxygens (including phenoxy) is 1. The normalized spacial score (nSPS) is 11.3. The Morgan fingerprint density at radius 2 is 1.96 bits per heavy atom. The highest BCUT2D eigenvalue weighted by atomic mass is 32.2. The van der Waals surface area contributed by atoms with Crippen LogP contribution in [0, 0.1) is 12.8 Å². The monoisotopic (exact) mass is 382 g/mol. The van der Waals surface area contributed by atoms with Crippen LogP contribution in [0.1, 0.15) is 30.8 Å². The molecular formula is C21H26N4OS. The van der Waals surface area contributed by atoms with Crippen molar-refractivity contribution in [3.05, 3.63) is 53.6 Å². The SMILES string of the molecule is CSc1ccc2cc(CNCc3cnc(C)cn3)c(OCC(C)C)nc2c1. The average molecular weight is 383 g/mol. The quantitative estimate of drug-likeness (QED) is 0.584. The Kier molecular flexibility index (Phi) is 6.63. The predicted molar refractivity (Wildman–Crippen MR) is 111 cm³/mol. The number of rotatable bonds is 8. The van der Waals surface area contributed by atoms with E-state index in [9.17, 15) is 0 Å². The number of pyridine rings is 1. The number of nitrogens with zero attached hydrogens (tertiary/aromatic N) is 3. The van der Waals surface area contributed by atoms with Gasteiger partial charge in [0.25, 0.3) is 0 Å². The molecule has 0 amide bonds. The van der Waals surface area contributed by atoms with E-state index in [-0.39, 0.29) is 0 Å². The number of aromatic nitrogens is 3. The molecule has 2 aromatic heterocycles. The first kappa shape index (κ1) is 19.6. The van der Waals surface area contributed by atoms with Gasteiger partial charge in [-0.05, 0) is 37.3 Å². The molecule has 0 saturated heterocycles. The third kappa shape index (κ3) is 5.40. The van der Waals surface area contributed by atoms with Gasteiger partial charge in [-0.15, -0.1) is 11.8 Å². The zero-order valence-electron chi connectivity index (χ0n) is 16.3. The summed E-state index contributed by atoms with van der Waals surface area (Å²) in [5.41, 5.74) is 3.86. The van der Waals surface area contributed by atoms with Gasteiger partial charge in [0.2, 0.25) is 5.88 Å². The maximum atomic E-state index is 6.01. The fraction of sp³-hybridized carbons (Fsp3) is 0.381. The molecule has 0 spiro atoms. The third-order valence-corrected chi connectivity index (χ3v) is 4.80. The summed E-state index contributed by atoms with van der Waals surface area (Å²) in [7, 11) is 0. The third-order valence-electron chi connectivity index (χ3n) is 4.07. The smallest absolute Gasteiger partial charge is 0.218 e. The number of fused-ring (bicyclic) bond motifs is 1. The van der Waals surface area contributed by atoms with Crippen molar-refractivity contribution in [3.8, 4) is 5.88 Å². The van der Waals surface area contributed by atoms with Gasteiger partial charge in [-0.1, -0.05) is 19.9 Å². The van der Waals surface area contributed by atoms with Crippen molar-refractivity contribution in [1.29, 1.82) is 0 Å². The highest BCUT2D eigenvalue weighted by molar-refractivity contribution is 7.98. The van der Waals surface area contributed by atoms with Crippen LogP contribution in [0.25, 0.3) is 10.9 Å². The van der Waals surface area contributed by atoms with Crippen molar-refractivity contribution in [2.75, 3.05) is 12.9 Å². The lowest BCUT2D eigenvalue weighted by Crippen LogP contribution is -2.16. The Bertz CT molecular complexity index is 897. The summed E-state index contributed by atoms with van der Waals surface area (Å²) >= 11 is 1.72. The van der Waals surface area contributed by atoms with E-state index in [4.69, 9.17) is 9.72 Å². The van der Waals surface area contributed by atoms with Crippen LogP contribution in [0.15, 0.2) is 41.6 Å². The second-order valence-electron chi connectivity index (χ2n) is 6.97. The summed E-state index contributed by atoms with van der Waals surface area (Å²) in [6.45, 7) is 8.18. The van der Waals surface area contributed by atoms with Crippen LogP contribution < -0.4 is 10.1 Å². The Morgan fingerprint density at radius 1 is 1.11 bits per heavy atom. The first-order chi connectivity index (χ1) is 13.0. The first-order valence-corrected chi connectivity index (χ1v) is 10.4. The molecule has 0 atom stereocenters. The molecule has 2 heterocycles. The molecule has 0 aliphatic carbocycles. The molecule has 0 radical (unpaired) electrons. The number of nitrogens with one attached hydrogen (secondary N) is 1. The number of thioether (sulfide) groups is 1. The summed E-state index contributed by atoms with van der Waals surface area (Å²) < 4.78 is 6.01. The number of hydrogen-bond donors (Lipinski definition) is 1. The molecular weight excluding hydrogens is 356 g/mol. The van der Waals surface area contributed by atoms with E-state index in [2.05, 4.69) is 59.7 Å². The van der Waals surface area contributed by atoms with Gasteiger partial charge in [0.05, 0.1) is 23.5 Å². The van der Waals surface area contributed by atoms with Crippen LogP contribution in [0.5, 0.6) is 5.88 Å². The van der Waals surface area contributed by atoms with E-state index < -0.39 is 0 Å². The molecule has 5 nitrogen and oxygen atoms in total. The lowest BCUT2D eigenvalue weighted by atomic mass is 10.1. The minimum atomic E-state index is 0.448. The van der Waals surface area contributed by atoms with Crippen molar-refractivity contribution in [2.24, 2.45) is 5.92 Å². The summed E-state index contributed by atoms with van der Waals surface area (Å²) in [4.78, 5) is 14.7. The Hall–Kier alpha value is -2.18. The van der Waals surface area contributed by atoms with Crippen molar-refractivity contribution >= 4 is 22.7 Å². The maximum absolute atomic E-state index is 6.01. The van der Waals surface area contributed by atoms with E-state index in [0.29, 0.717) is 31.5 Å². The van der Waals surface area contributed by atoms with Crippen LogP contribution in [-0.4, -0.2) is 27.8 Å². The number of hydrogen-bond acceptors (Lipinski definition) is 6. The maximum Gasteiger partial charge on any atom is 0.218 e. The van der Waals surface area contributed by atoms with Crippen molar-refractivity contribution in [2.45, 2.75) is 38.8 Å². The molecule has 0 bridgehead atoms. The van der Waals surface area contributed by atoms with Crippen LogP contribution in [0.3, 0.4) is 0 Å². The van der Waals surface area contributed by atoms with Gasteiger partial charge in [0.15, 0.2) is 0 Å². The van der Waals surface area contributed by atoms with Gasteiger partial charge in [0.1, 0.15) is 0 Å². The van der Waals surface area contributed by atoms with Gasteiger partial charge >= 0.3 is 0 Å². The summed E-state index contributed by atoms with van der Waals surface area (Å²) in [6, 6.07) is 8.52. The van der Waals surface area contributed by atoms with E-state index in [1.54, 1.807) is 24.2 Å². The minimum absolute atomic E-state index is 0.448. The highest BCUT2D eigenvalue weighted by Gasteiger charge is 2.10. The lowest BCUT2D eigenvalue weighted by Gasteiger charge is -2.14.